The lowest BCUT2D eigenvalue weighted by Gasteiger charge is -2.45. The van der Waals surface area contributed by atoms with Gasteiger partial charge in [0, 0.05) is 30.2 Å². The van der Waals surface area contributed by atoms with Crippen LogP contribution in [-0.2, 0) is 11.3 Å². The zero-order valence-electron chi connectivity index (χ0n) is 15.6. The van der Waals surface area contributed by atoms with Crippen LogP contribution in [0.15, 0.2) is 24.3 Å². The summed E-state index contributed by atoms with van der Waals surface area (Å²) in [6, 6.07) is 8.11. The fourth-order valence-electron chi connectivity index (χ4n) is 4.07. The molecule has 2 saturated heterocycles. The first-order chi connectivity index (χ1) is 11.8. The maximum Gasteiger partial charge on any atom is 0.410 e. The Kier molecular flexibility index (Phi) is 5.31. The first-order valence-corrected chi connectivity index (χ1v) is 9.63. The van der Waals surface area contributed by atoms with Crippen molar-refractivity contribution in [2.75, 3.05) is 19.6 Å². The predicted octanol–water partition coefficient (Wildman–Crippen LogP) is 4.71. The zero-order chi connectivity index (χ0) is 18.1. The van der Waals surface area contributed by atoms with Crippen molar-refractivity contribution < 1.29 is 9.53 Å². The van der Waals surface area contributed by atoms with Crippen LogP contribution in [0.5, 0.6) is 0 Å². The quantitative estimate of drug-likeness (QED) is 0.762. The molecule has 25 heavy (non-hydrogen) atoms. The number of ether oxygens (including phenoxy) is 1. The average molecular weight is 365 g/mol. The van der Waals surface area contributed by atoms with E-state index in [2.05, 4.69) is 17.0 Å². The van der Waals surface area contributed by atoms with Gasteiger partial charge in [0.25, 0.3) is 0 Å². The maximum absolute atomic E-state index is 12.3. The summed E-state index contributed by atoms with van der Waals surface area (Å²) in [5, 5.41) is 0.843. The number of likely N-dealkylation sites (tertiary alicyclic amines) is 2. The second kappa shape index (κ2) is 7.16. The third-order valence-electron chi connectivity index (χ3n) is 5.41. The number of hydrogen-bond acceptors (Lipinski definition) is 3. The number of carbonyl (C=O) groups excluding carboxylic acids is 1. The van der Waals surface area contributed by atoms with Crippen LogP contribution in [0.4, 0.5) is 4.79 Å². The van der Waals surface area contributed by atoms with Gasteiger partial charge in [0.1, 0.15) is 5.60 Å². The Bertz CT molecular complexity index is 618. The van der Waals surface area contributed by atoms with Gasteiger partial charge in [-0.2, -0.15) is 0 Å². The van der Waals surface area contributed by atoms with E-state index in [0.29, 0.717) is 0 Å². The highest BCUT2D eigenvalue weighted by molar-refractivity contribution is 6.31. The second-order valence-corrected chi connectivity index (χ2v) is 8.72. The molecule has 0 N–H and O–H groups in total. The summed E-state index contributed by atoms with van der Waals surface area (Å²) in [7, 11) is 0. The first kappa shape index (κ1) is 18.5. The Morgan fingerprint density at radius 2 is 1.84 bits per heavy atom. The smallest absolute Gasteiger partial charge is 0.410 e. The van der Waals surface area contributed by atoms with E-state index in [1.54, 1.807) is 0 Å². The molecule has 1 spiro atoms. The number of rotatable bonds is 2. The molecule has 3 rings (SSSR count). The van der Waals surface area contributed by atoms with Crippen LogP contribution in [0.25, 0.3) is 0 Å². The summed E-state index contributed by atoms with van der Waals surface area (Å²) < 4.78 is 5.52. The number of amides is 1. The summed E-state index contributed by atoms with van der Waals surface area (Å²) in [6.07, 6.45) is 4.27. The summed E-state index contributed by atoms with van der Waals surface area (Å²) >= 11 is 6.36. The molecule has 2 fully saturated rings. The lowest BCUT2D eigenvalue weighted by molar-refractivity contribution is 0.00166. The van der Waals surface area contributed by atoms with Crippen molar-refractivity contribution in [1.29, 1.82) is 0 Å². The Hall–Kier alpha value is -1.26. The van der Waals surface area contributed by atoms with E-state index in [1.165, 1.54) is 18.4 Å². The molecule has 1 amide bonds. The average Bonchev–Trinajstić information content (AvgIpc) is 2.91. The van der Waals surface area contributed by atoms with Crippen LogP contribution in [-0.4, -0.2) is 46.7 Å². The van der Waals surface area contributed by atoms with Crippen LogP contribution in [0.2, 0.25) is 5.02 Å². The highest BCUT2D eigenvalue weighted by Crippen LogP contribution is 2.40. The van der Waals surface area contributed by atoms with Gasteiger partial charge in [0.2, 0.25) is 0 Å². The van der Waals surface area contributed by atoms with E-state index in [9.17, 15) is 4.79 Å². The third kappa shape index (κ3) is 4.29. The van der Waals surface area contributed by atoms with Crippen LogP contribution >= 0.6 is 11.6 Å². The highest BCUT2D eigenvalue weighted by Gasteiger charge is 2.44. The zero-order valence-corrected chi connectivity index (χ0v) is 16.3. The Morgan fingerprint density at radius 3 is 2.48 bits per heavy atom. The van der Waals surface area contributed by atoms with Gasteiger partial charge < -0.3 is 9.64 Å². The van der Waals surface area contributed by atoms with Gasteiger partial charge >= 0.3 is 6.09 Å². The van der Waals surface area contributed by atoms with Crippen LogP contribution in [0.1, 0.15) is 52.0 Å². The lowest BCUT2D eigenvalue weighted by Crippen LogP contribution is -2.53. The molecule has 138 valence electrons. The molecule has 0 atom stereocenters. The number of carbonyl (C=O) groups is 1. The van der Waals surface area contributed by atoms with Crippen LogP contribution < -0.4 is 0 Å². The van der Waals surface area contributed by atoms with Crippen molar-refractivity contribution in [3.05, 3.63) is 34.9 Å². The van der Waals surface area contributed by atoms with Crippen molar-refractivity contribution >= 4 is 17.7 Å². The minimum atomic E-state index is -0.435. The predicted molar refractivity (Wildman–Crippen MR) is 101 cm³/mol. The monoisotopic (exact) mass is 364 g/mol. The minimum absolute atomic E-state index is 0.182. The van der Waals surface area contributed by atoms with Gasteiger partial charge in [-0.1, -0.05) is 29.8 Å². The van der Waals surface area contributed by atoms with Crippen molar-refractivity contribution in [2.45, 2.75) is 64.1 Å². The molecule has 0 saturated carbocycles. The van der Waals surface area contributed by atoms with E-state index in [4.69, 9.17) is 16.3 Å². The van der Waals surface area contributed by atoms with Gasteiger partial charge in [0.05, 0.1) is 0 Å². The number of piperidine rings is 1. The molecule has 0 radical (unpaired) electrons. The molecule has 0 aliphatic carbocycles. The molecule has 2 aliphatic rings. The van der Waals surface area contributed by atoms with Gasteiger partial charge in [0.15, 0.2) is 0 Å². The number of nitrogens with zero attached hydrogens (tertiary/aromatic N) is 2. The largest absolute Gasteiger partial charge is 0.444 e. The van der Waals surface area contributed by atoms with Crippen LogP contribution in [0.3, 0.4) is 0 Å². The fourth-order valence-corrected chi connectivity index (χ4v) is 4.27. The molecule has 4 nitrogen and oxygen atoms in total. The molecule has 5 heteroatoms. The molecular weight excluding hydrogens is 336 g/mol. The van der Waals surface area contributed by atoms with Gasteiger partial charge in [-0.3, -0.25) is 4.90 Å². The SMILES string of the molecule is CC(C)(C)OC(=O)N1CCC2(CCCN2Cc2ccccc2Cl)CC1. The topological polar surface area (TPSA) is 32.8 Å². The minimum Gasteiger partial charge on any atom is -0.444 e. The van der Waals surface area contributed by atoms with E-state index < -0.39 is 5.60 Å². The van der Waals surface area contributed by atoms with Crippen molar-refractivity contribution in [3.8, 4) is 0 Å². The summed E-state index contributed by atoms with van der Waals surface area (Å²) in [5.41, 5.74) is 0.966. The molecule has 2 heterocycles. The Balaban J connectivity index is 1.63. The number of halogens is 1. The molecule has 2 aliphatic heterocycles. The summed E-state index contributed by atoms with van der Waals surface area (Å²) in [4.78, 5) is 16.8. The molecule has 1 aromatic rings. The molecule has 0 bridgehead atoms. The first-order valence-electron chi connectivity index (χ1n) is 9.26. The molecule has 0 unspecified atom stereocenters. The van der Waals surface area contributed by atoms with E-state index >= 15 is 0 Å². The maximum atomic E-state index is 12.3. The van der Waals surface area contributed by atoms with Gasteiger partial charge in [-0.25, -0.2) is 4.79 Å². The number of benzene rings is 1. The van der Waals surface area contributed by atoms with Crippen molar-refractivity contribution in [3.63, 3.8) is 0 Å². The molecular formula is C20H29ClN2O2. The van der Waals surface area contributed by atoms with Crippen molar-refractivity contribution in [1.82, 2.24) is 9.80 Å². The standard InChI is InChI=1S/C20H29ClN2O2/c1-19(2,3)25-18(24)22-13-10-20(11-14-22)9-6-12-23(20)15-16-7-4-5-8-17(16)21/h4-5,7-8H,6,9-15H2,1-3H3. The highest BCUT2D eigenvalue weighted by atomic mass is 35.5. The summed E-state index contributed by atoms with van der Waals surface area (Å²) in [6.45, 7) is 9.29. The van der Waals surface area contributed by atoms with Crippen LogP contribution in [0, 0.1) is 0 Å². The Labute approximate surface area is 156 Å². The van der Waals surface area contributed by atoms with E-state index in [-0.39, 0.29) is 11.6 Å². The van der Waals surface area contributed by atoms with Gasteiger partial charge in [-0.05, 0) is 64.6 Å². The number of hydrogen-bond donors (Lipinski definition) is 0. The lowest BCUT2D eigenvalue weighted by atomic mass is 9.85. The van der Waals surface area contributed by atoms with E-state index in [0.717, 1.165) is 44.0 Å². The molecule has 0 aromatic heterocycles. The molecule has 1 aromatic carbocycles. The summed E-state index contributed by atoms with van der Waals surface area (Å²) in [5.74, 6) is 0. The third-order valence-corrected chi connectivity index (χ3v) is 5.77. The van der Waals surface area contributed by atoms with Crippen molar-refractivity contribution in [2.24, 2.45) is 0 Å². The fraction of sp³-hybridized carbons (Fsp3) is 0.650. The Morgan fingerprint density at radius 1 is 1.16 bits per heavy atom. The normalized spacial score (nSPS) is 20.9. The van der Waals surface area contributed by atoms with E-state index in [1.807, 2.05) is 37.8 Å². The van der Waals surface area contributed by atoms with Gasteiger partial charge in [-0.15, -0.1) is 0 Å². The second-order valence-electron chi connectivity index (χ2n) is 8.31.